The number of esters is 1. The second kappa shape index (κ2) is 7.49. The third kappa shape index (κ3) is 8.93. The molecule has 0 aromatic rings. The number of nitrogens with one attached hydrogen (secondary N) is 1. The summed E-state index contributed by atoms with van der Waals surface area (Å²) in [4.78, 5) is 12.0. The Kier molecular flexibility index (Phi) is 7.12. The van der Waals surface area contributed by atoms with Gasteiger partial charge in [-0.2, -0.15) is 0 Å². The van der Waals surface area contributed by atoms with E-state index in [-0.39, 0.29) is 11.9 Å². The van der Waals surface area contributed by atoms with Gasteiger partial charge in [0.05, 0.1) is 5.92 Å². The Bertz CT molecular complexity index is 251. The van der Waals surface area contributed by atoms with E-state index < -0.39 is 5.60 Å². The predicted molar refractivity (Wildman–Crippen MR) is 71.9 cm³/mol. The van der Waals surface area contributed by atoms with Crippen LogP contribution in [0.1, 0.15) is 41.0 Å². The van der Waals surface area contributed by atoms with Crippen LogP contribution in [-0.4, -0.2) is 25.2 Å². The number of carbonyl (C=O) groups excluding carboxylic acids is 1. The molecular weight excluding hydrogens is 214 g/mol. The fourth-order valence-electron chi connectivity index (χ4n) is 1.49. The van der Waals surface area contributed by atoms with Crippen molar-refractivity contribution in [2.45, 2.75) is 46.6 Å². The minimum absolute atomic E-state index is 0.126. The van der Waals surface area contributed by atoms with E-state index in [1.165, 1.54) is 0 Å². The molecule has 0 aromatic carbocycles. The first-order valence-corrected chi connectivity index (χ1v) is 6.30. The molecule has 0 aliphatic carbocycles. The summed E-state index contributed by atoms with van der Waals surface area (Å²) < 4.78 is 5.42. The molecule has 1 N–H and O–H groups in total. The fraction of sp³-hybridized carbons (Fsp3) is 0.786. The molecule has 0 rings (SSSR count). The van der Waals surface area contributed by atoms with Crippen molar-refractivity contribution in [1.82, 2.24) is 5.32 Å². The van der Waals surface area contributed by atoms with Gasteiger partial charge >= 0.3 is 5.97 Å². The highest BCUT2D eigenvalue weighted by molar-refractivity contribution is 5.74. The second-order valence-corrected chi connectivity index (χ2v) is 5.76. The van der Waals surface area contributed by atoms with Crippen LogP contribution in [-0.2, 0) is 9.53 Å². The highest BCUT2D eigenvalue weighted by Crippen LogP contribution is 2.18. The number of carbonyl (C=O) groups is 1. The van der Waals surface area contributed by atoms with E-state index in [0.717, 1.165) is 13.0 Å². The molecule has 3 nitrogen and oxygen atoms in total. The van der Waals surface area contributed by atoms with E-state index in [9.17, 15) is 4.79 Å². The van der Waals surface area contributed by atoms with Crippen molar-refractivity contribution in [1.29, 1.82) is 0 Å². The third-order valence-electron chi connectivity index (χ3n) is 2.13. The van der Waals surface area contributed by atoms with Gasteiger partial charge in [0.25, 0.3) is 0 Å². The first-order valence-electron chi connectivity index (χ1n) is 6.30. The Morgan fingerprint density at radius 1 is 1.35 bits per heavy atom. The van der Waals surface area contributed by atoms with Crippen LogP contribution in [0.5, 0.6) is 0 Å². The molecule has 0 saturated carbocycles. The van der Waals surface area contributed by atoms with E-state index in [0.29, 0.717) is 5.92 Å². The standard InChI is InChI=1S/C14H27NO2/c1-11(2)10-12(8-7-9-15-6)13(16)17-14(3,4)5/h7-8,11-12,15H,9-10H2,1-6H3/b8-7+/t12-/m0/s1. The molecule has 0 radical (unpaired) electrons. The second-order valence-electron chi connectivity index (χ2n) is 5.76. The van der Waals surface area contributed by atoms with Crippen molar-refractivity contribution < 1.29 is 9.53 Å². The van der Waals surface area contributed by atoms with E-state index in [4.69, 9.17) is 4.74 Å². The topological polar surface area (TPSA) is 38.3 Å². The summed E-state index contributed by atoms with van der Waals surface area (Å²) in [7, 11) is 1.88. The number of hydrogen-bond acceptors (Lipinski definition) is 3. The highest BCUT2D eigenvalue weighted by Gasteiger charge is 2.23. The number of hydrogen-bond donors (Lipinski definition) is 1. The first kappa shape index (κ1) is 16.2. The average Bonchev–Trinajstić information content (AvgIpc) is 2.13. The Morgan fingerprint density at radius 2 is 1.94 bits per heavy atom. The summed E-state index contributed by atoms with van der Waals surface area (Å²) in [5.41, 5.74) is -0.414. The zero-order valence-electron chi connectivity index (χ0n) is 12.0. The van der Waals surface area contributed by atoms with Crippen molar-refractivity contribution in [3.05, 3.63) is 12.2 Å². The van der Waals surface area contributed by atoms with Crippen LogP contribution in [0.3, 0.4) is 0 Å². The normalized spacial score (nSPS) is 14.3. The van der Waals surface area contributed by atoms with Gasteiger partial charge < -0.3 is 10.1 Å². The van der Waals surface area contributed by atoms with Crippen molar-refractivity contribution in [3.63, 3.8) is 0 Å². The first-order chi connectivity index (χ1) is 7.76. The maximum atomic E-state index is 12.0. The smallest absolute Gasteiger partial charge is 0.313 e. The van der Waals surface area contributed by atoms with Crippen molar-refractivity contribution in [2.24, 2.45) is 11.8 Å². The molecule has 100 valence electrons. The Morgan fingerprint density at radius 3 is 2.35 bits per heavy atom. The summed E-state index contributed by atoms with van der Waals surface area (Å²) in [6, 6.07) is 0. The maximum absolute atomic E-state index is 12.0. The van der Waals surface area contributed by atoms with E-state index in [2.05, 4.69) is 19.2 Å². The van der Waals surface area contributed by atoms with Crippen LogP contribution >= 0.6 is 0 Å². The molecule has 0 aromatic heterocycles. The number of ether oxygens (including phenoxy) is 1. The molecule has 3 heteroatoms. The summed E-state index contributed by atoms with van der Waals surface area (Å²) in [5, 5.41) is 3.02. The van der Waals surface area contributed by atoms with Crippen molar-refractivity contribution in [3.8, 4) is 0 Å². The van der Waals surface area contributed by atoms with Gasteiger partial charge in [0.1, 0.15) is 5.60 Å². The van der Waals surface area contributed by atoms with Gasteiger partial charge in [0.2, 0.25) is 0 Å². The third-order valence-corrected chi connectivity index (χ3v) is 2.13. The number of likely N-dealkylation sites (N-methyl/N-ethyl adjacent to an activating group) is 1. The van der Waals surface area contributed by atoms with Gasteiger partial charge in [0.15, 0.2) is 0 Å². The van der Waals surface area contributed by atoms with E-state index in [1.54, 1.807) is 0 Å². The van der Waals surface area contributed by atoms with Gasteiger partial charge in [-0.15, -0.1) is 0 Å². The monoisotopic (exact) mass is 241 g/mol. The zero-order chi connectivity index (χ0) is 13.5. The summed E-state index contributed by atoms with van der Waals surface area (Å²) in [6.07, 6.45) is 4.76. The maximum Gasteiger partial charge on any atom is 0.313 e. The van der Waals surface area contributed by atoms with E-state index >= 15 is 0 Å². The summed E-state index contributed by atoms with van der Waals surface area (Å²) in [5.74, 6) is 0.216. The molecule has 0 heterocycles. The molecule has 1 atom stereocenters. The van der Waals surface area contributed by atoms with Crippen LogP contribution in [0.15, 0.2) is 12.2 Å². The molecule has 0 amide bonds. The SMILES string of the molecule is CNC/C=C/[C@@H](CC(C)C)C(=O)OC(C)(C)C. The average molecular weight is 241 g/mol. The van der Waals surface area contributed by atoms with Crippen molar-refractivity contribution >= 4 is 5.97 Å². The van der Waals surface area contributed by atoms with Crippen molar-refractivity contribution in [2.75, 3.05) is 13.6 Å². The van der Waals surface area contributed by atoms with E-state index in [1.807, 2.05) is 40.0 Å². The summed E-state index contributed by atoms with van der Waals surface area (Å²) in [6.45, 7) is 10.7. The molecule has 0 fully saturated rings. The van der Waals surface area contributed by atoms with Gasteiger partial charge in [-0.05, 0) is 40.2 Å². The lowest BCUT2D eigenvalue weighted by molar-refractivity contribution is -0.158. The Hall–Kier alpha value is -0.830. The van der Waals surface area contributed by atoms with Crippen LogP contribution in [0, 0.1) is 11.8 Å². The lowest BCUT2D eigenvalue weighted by Crippen LogP contribution is -2.28. The quantitative estimate of drug-likeness (QED) is 0.574. The highest BCUT2D eigenvalue weighted by atomic mass is 16.6. The van der Waals surface area contributed by atoms with Gasteiger partial charge in [-0.3, -0.25) is 4.79 Å². The largest absolute Gasteiger partial charge is 0.460 e. The molecule has 0 bridgehead atoms. The van der Waals surface area contributed by atoms with Gasteiger partial charge in [-0.1, -0.05) is 26.0 Å². The minimum atomic E-state index is -0.414. The minimum Gasteiger partial charge on any atom is -0.460 e. The number of rotatable bonds is 6. The van der Waals surface area contributed by atoms with Crippen LogP contribution in [0.2, 0.25) is 0 Å². The molecule has 0 aliphatic heterocycles. The van der Waals surface area contributed by atoms with Crippen LogP contribution < -0.4 is 5.32 Å². The molecule has 0 saturated heterocycles. The summed E-state index contributed by atoms with van der Waals surface area (Å²) >= 11 is 0. The molecule has 17 heavy (non-hydrogen) atoms. The predicted octanol–water partition coefficient (Wildman–Crippen LogP) is 2.77. The molecule has 0 unspecified atom stereocenters. The Labute approximate surface area is 106 Å². The molecule has 0 spiro atoms. The van der Waals surface area contributed by atoms with Gasteiger partial charge in [0, 0.05) is 6.54 Å². The van der Waals surface area contributed by atoms with Crippen LogP contribution in [0.4, 0.5) is 0 Å². The van der Waals surface area contributed by atoms with Gasteiger partial charge in [-0.25, -0.2) is 0 Å². The molecule has 0 aliphatic rings. The molecular formula is C14H27NO2. The zero-order valence-corrected chi connectivity index (χ0v) is 12.0. The lowest BCUT2D eigenvalue weighted by Gasteiger charge is -2.23. The van der Waals surface area contributed by atoms with Crippen LogP contribution in [0.25, 0.3) is 0 Å². The fourth-order valence-corrected chi connectivity index (χ4v) is 1.49. The Balaban J connectivity index is 4.50. The lowest BCUT2D eigenvalue weighted by atomic mass is 9.96.